The summed E-state index contributed by atoms with van der Waals surface area (Å²) in [6, 6.07) is 1.17. The number of amides is 1. The molecular formula is C11H14ClN3O4. The Morgan fingerprint density at radius 2 is 2.32 bits per heavy atom. The monoisotopic (exact) mass is 287 g/mol. The first kappa shape index (κ1) is 15.3. The van der Waals surface area contributed by atoms with Gasteiger partial charge in [0.25, 0.3) is 11.6 Å². The first-order chi connectivity index (χ1) is 8.82. The minimum absolute atomic E-state index is 0.0119. The van der Waals surface area contributed by atoms with Gasteiger partial charge in [0.15, 0.2) is 0 Å². The number of aliphatic hydroxyl groups is 1. The molecule has 0 radical (unpaired) electrons. The van der Waals surface area contributed by atoms with Crippen LogP contribution in [0.1, 0.15) is 23.7 Å². The van der Waals surface area contributed by atoms with E-state index in [9.17, 15) is 14.9 Å². The molecule has 0 fully saturated rings. The van der Waals surface area contributed by atoms with Crippen LogP contribution in [0.5, 0.6) is 0 Å². The van der Waals surface area contributed by atoms with Crippen LogP contribution in [-0.4, -0.2) is 45.5 Å². The molecule has 1 atom stereocenters. The number of aliphatic hydroxyl groups excluding tert-OH is 1. The molecule has 0 saturated heterocycles. The molecule has 0 aromatic carbocycles. The molecule has 0 aliphatic heterocycles. The maximum absolute atomic E-state index is 12.1. The lowest BCUT2D eigenvalue weighted by Crippen LogP contribution is -2.30. The number of halogens is 1. The highest BCUT2D eigenvalue weighted by Crippen LogP contribution is 2.21. The molecule has 0 aliphatic carbocycles. The van der Waals surface area contributed by atoms with Crippen molar-refractivity contribution < 1.29 is 14.8 Å². The lowest BCUT2D eigenvalue weighted by atomic mass is 10.2. The standard InChI is InChI=1S/C11H14ClN3O4/c1-7(16)3-4-14(2)11(17)8-5-10(12)13-6-9(8)15(18)19/h5-7,16H,3-4H2,1-2H3. The third-order valence-electron chi connectivity index (χ3n) is 2.51. The van der Waals surface area contributed by atoms with Crippen molar-refractivity contribution in [2.75, 3.05) is 13.6 Å². The van der Waals surface area contributed by atoms with Crippen LogP contribution in [0.15, 0.2) is 12.3 Å². The van der Waals surface area contributed by atoms with Gasteiger partial charge in [-0.3, -0.25) is 14.9 Å². The highest BCUT2D eigenvalue weighted by molar-refractivity contribution is 6.29. The zero-order chi connectivity index (χ0) is 14.6. The summed E-state index contributed by atoms with van der Waals surface area (Å²) < 4.78 is 0. The molecule has 0 aliphatic rings. The summed E-state index contributed by atoms with van der Waals surface area (Å²) in [6.45, 7) is 1.89. The Morgan fingerprint density at radius 1 is 1.68 bits per heavy atom. The zero-order valence-electron chi connectivity index (χ0n) is 10.5. The van der Waals surface area contributed by atoms with Gasteiger partial charge in [-0.1, -0.05) is 11.6 Å². The summed E-state index contributed by atoms with van der Waals surface area (Å²) in [7, 11) is 1.50. The number of aromatic nitrogens is 1. The Labute approximate surface area is 115 Å². The molecule has 1 heterocycles. The Hall–Kier alpha value is -1.73. The van der Waals surface area contributed by atoms with Crippen molar-refractivity contribution in [3.8, 4) is 0 Å². The number of nitrogens with zero attached hydrogens (tertiary/aromatic N) is 3. The van der Waals surface area contributed by atoms with Crippen LogP contribution >= 0.6 is 11.6 Å². The number of rotatable bonds is 5. The second-order valence-corrected chi connectivity index (χ2v) is 4.53. The smallest absolute Gasteiger partial charge is 0.300 e. The number of hydrogen-bond acceptors (Lipinski definition) is 5. The van der Waals surface area contributed by atoms with Gasteiger partial charge in [0.2, 0.25) is 0 Å². The minimum atomic E-state index is -0.681. The Morgan fingerprint density at radius 3 is 2.84 bits per heavy atom. The second-order valence-electron chi connectivity index (χ2n) is 4.15. The van der Waals surface area contributed by atoms with Gasteiger partial charge in [-0.05, 0) is 19.4 Å². The van der Waals surface area contributed by atoms with Crippen LogP contribution in [0.4, 0.5) is 5.69 Å². The Bertz CT molecular complexity index is 493. The quantitative estimate of drug-likeness (QED) is 0.503. The summed E-state index contributed by atoms with van der Waals surface area (Å²) in [5, 5.41) is 20.0. The number of carbonyl (C=O) groups excluding carboxylic acids is 1. The SMILES string of the molecule is CC(O)CCN(C)C(=O)c1cc(Cl)ncc1[N+](=O)[O-]. The number of nitro groups is 1. The molecule has 1 amide bonds. The van der Waals surface area contributed by atoms with E-state index in [2.05, 4.69) is 4.98 Å². The van der Waals surface area contributed by atoms with Crippen molar-refractivity contribution >= 4 is 23.2 Å². The van der Waals surface area contributed by atoms with Gasteiger partial charge in [0.1, 0.15) is 16.9 Å². The van der Waals surface area contributed by atoms with Crippen LogP contribution in [0.25, 0.3) is 0 Å². The fourth-order valence-corrected chi connectivity index (χ4v) is 1.59. The molecular weight excluding hydrogens is 274 g/mol. The fourth-order valence-electron chi connectivity index (χ4n) is 1.43. The maximum atomic E-state index is 12.1. The molecule has 19 heavy (non-hydrogen) atoms. The number of pyridine rings is 1. The molecule has 0 bridgehead atoms. The highest BCUT2D eigenvalue weighted by atomic mass is 35.5. The maximum Gasteiger partial charge on any atom is 0.300 e. The summed E-state index contributed by atoms with van der Waals surface area (Å²) >= 11 is 5.65. The van der Waals surface area contributed by atoms with Crippen molar-refractivity contribution in [1.82, 2.24) is 9.88 Å². The summed E-state index contributed by atoms with van der Waals surface area (Å²) in [5.74, 6) is -0.531. The molecule has 0 spiro atoms. The van der Waals surface area contributed by atoms with E-state index in [1.165, 1.54) is 18.0 Å². The normalized spacial score (nSPS) is 12.0. The van der Waals surface area contributed by atoms with Crippen LogP contribution in [0.2, 0.25) is 5.15 Å². The van der Waals surface area contributed by atoms with Crippen molar-refractivity contribution in [3.05, 3.63) is 33.1 Å². The average molecular weight is 288 g/mol. The van der Waals surface area contributed by atoms with Crippen molar-refractivity contribution in [1.29, 1.82) is 0 Å². The van der Waals surface area contributed by atoms with Crippen molar-refractivity contribution in [2.45, 2.75) is 19.4 Å². The van der Waals surface area contributed by atoms with Crippen LogP contribution in [0.3, 0.4) is 0 Å². The van der Waals surface area contributed by atoms with Crippen LogP contribution in [0, 0.1) is 10.1 Å². The Balaban J connectivity index is 2.98. The lowest BCUT2D eigenvalue weighted by Gasteiger charge is -2.17. The van der Waals surface area contributed by atoms with Gasteiger partial charge < -0.3 is 10.0 Å². The molecule has 7 nitrogen and oxygen atoms in total. The second kappa shape index (κ2) is 6.44. The third kappa shape index (κ3) is 4.15. The van der Waals surface area contributed by atoms with E-state index in [4.69, 9.17) is 16.7 Å². The first-order valence-electron chi connectivity index (χ1n) is 5.56. The predicted molar refractivity (Wildman–Crippen MR) is 69.2 cm³/mol. The molecule has 1 N–H and O–H groups in total. The van der Waals surface area contributed by atoms with Crippen LogP contribution in [-0.2, 0) is 0 Å². The van der Waals surface area contributed by atoms with E-state index in [0.717, 1.165) is 6.20 Å². The molecule has 8 heteroatoms. The van der Waals surface area contributed by atoms with Gasteiger partial charge >= 0.3 is 0 Å². The minimum Gasteiger partial charge on any atom is -0.393 e. The summed E-state index contributed by atoms with van der Waals surface area (Å²) in [5.41, 5.74) is -0.503. The first-order valence-corrected chi connectivity index (χ1v) is 5.94. The van der Waals surface area contributed by atoms with E-state index in [0.29, 0.717) is 6.42 Å². The van der Waals surface area contributed by atoms with Gasteiger partial charge in [-0.2, -0.15) is 0 Å². The number of hydrogen-bond donors (Lipinski definition) is 1. The van der Waals surface area contributed by atoms with Crippen LogP contribution < -0.4 is 0 Å². The van der Waals surface area contributed by atoms with Gasteiger partial charge in [-0.25, -0.2) is 4.98 Å². The average Bonchev–Trinajstić information content (AvgIpc) is 2.34. The molecule has 0 saturated carbocycles. The summed E-state index contributed by atoms with van der Waals surface area (Å²) in [4.78, 5) is 27.1. The number of carbonyl (C=O) groups is 1. The van der Waals surface area contributed by atoms with E-state index in [-0.39, 0.29) is 17.3 Å². The third-order valence-corrected chi connectivity index (χ3v) is 2.71. The lowest BCUT2D eigenvalue weighted by molar-refractivity contribution is -0.385. The molecule has 1 rings (SSSR count). The van der Waals surface area contributed by atoms with Gasteiger partial charge in [0.05, 0.1) is 11.0 Å². The van der Waals surface area contributed by atoms with Crippen molar-refractivity contribution in [2.24, 2.45) is 0 Å². The van der Waals surface area contributed by atoms with E-state index in [1.807, 2.05) is 0 Å². The van der Waals surface area contributed by atoms with E-state index < -0.39 is 22.6 Å². The topological polar surface area (TPSA) is 96.6 Å². The summed E-state index contributed by atoms with van der Waals surface area (Å²) in [6.07, 6.45) is 0.790. The van der Waals surface area contributed by atoms with E-state index >= 15 is 0 Å². The molecule has 1 aromatic heterocycles. The predicted octanol–water partition coefficient (Wildman–Crippen LogP) is 1.49. The van der Waals surface area contributed by atoms with Gasteiger partial charge in [0, 0.05) is 13.6 Å². The fraction of sp³-hybridized carbons (Fsp3) is 0.455. The zero-order valence-corrected chi connectivity index (χ0v) is 11.3. The molecule has 1 unspecified atom stereocenters. The largest absolute Gasteiger partial charge is 0.393 e. The van der Waals surface area contributed by atoms with E-state index in [1.54, 1.807) is 6.92 Å². The Kier molecular flexibility index (Phi) is 5.20. The molecule has 104 valence electrons. The highest BCUT2D eigenvalue weighted by Gasteiger charge is 2.24. The van der Waals surface area contributed by atoms with Crippen molar-refractivity contribution in [3.63, 3.8) is 0 Å². The van der Waals surface area contributed by atoms with Gasteiger partial charge in [-0.15, -0.1) is 0 Å². The molecule has 1 aromatic rings.